The number of imide groups is 1. The van der Waals surface area contributed by atoms with Gasteiger partial charge in [0.2, 0.25) is 0 Å². The Hall–Kier alpha value is -6.73. The van der Waals surface area contributed by atoms with Crippen molar-refractivity contribution >= 4 is 39.3 Å². The van der Waals surface area contributed by atoms with Gasteiger partial charge in [-0.3, -0.25) is 9.59 Å². The molecule has 0 spiro atoms. The normalized spacial score (nSPS) is 12.9. The highest BCUT2D eigenvalue weighted by Crippen LogP contribution is 2.47. The molecular weight excluding hydrogens is 658 g/mol. The van der Waals surface area contributed by atoms with Crippen LogP contribution >= 0.6 is 0 Å². The number of carbonyl (C=O) groups excluding carboxylic acids is 2. The zero-order valence-electron chi connectivity index (χ0n) is 27.4. The summed E-state index contributed by atoms with van der Waals surface area (Å²) in [5, 5.41) is 0.995. The summed E-state index contributed by atoms with van der Waals surface area (Å²) in [7, 11) is 0. The highest BCUT2D eigenvalue weighted by molar-refractivity contribution is 6.37. The molecule has 0 saturated heterocycles. The minimum absolute atomic E-state index is 0.181. The number of amides is 2. The molecule has 0 fully saturated rings. The van der Waals surface area contributed by atoms with Crippen LogP contribution in [0.4, 0.5) is 18.9 Å². The lowest BCUT2D eigenvalue weighted by atomic mass is 9.90. The third-order valence-electron chi connectivity index (χ3n) is 9.74. The van der Waals surface area contributed by atoms with E-state index in [4.69, 9.17) is 0 Å². The Morgan fingerprint density at radius 3 is 1.62 bits per heavy atom. The van der Waals surface area contributed by atoms with Gasteiger partial charge < -0.3 is 4.57 Å². The van der Waals surface area contributed by atoms with Crippen LogP contribution in [0.3, 0.4) is 0 Å². The molecular formula is C45H27F3N2O2. The number of hydrogen-bond acceptors (Lipinski definition) is 2. The minimum atomic E-state index is -4.53. The van der Waals surface area contributed by atoms with E-state index in [0.29, 0.717) is 44.3 Å². The summed E-state index contributed by atoms with van der Waals surface area (Å²) in [5.41, 5.74) is 6.55. The highest BCUT2D eigenvalue weighted by atomic mass is 19.4. The summed E-state index contributed by atoms with van der Waals surface area (Å²) in [6.45, 7) is 0. The smallest absolute Gasteiger partial charge is 0.308 e. The van der Waals surface area contributed by atoms with Crippen molar-refractivity contribution in [2.24, 2.45) is 0 Å². The molecule has 8 aromatic rings. The number of aromatic nitrogens is 1. The van der Waals surface area contributed by atoms with Gasteiger partial charge >= 0.3 is 6.18 Å². The first kappa shape index (κ1) is 31.3. The Morgan fingerprint density at radius 1 is 0.442 bits per heavy atom. The lowest BCUT2D eigenvalue weighted by Gasteiger charge is -2.24. The van der Waals surface area contributed by atoms with Crippen molar-refractivity contribution in [3.8, 4) is 39.1 Å². The van der Waals surface area contributed by atoms with E-state index < -0.39 is 23.6 Å². The van der Waals surface area contributed by atoms with E-state index in [1.165, 1.54) is 11.0 Å². The van der Waals surface area contributed by atoms with Gasteiger partial charge in [0.25, 0.3) is 11.8 Å². The van der Waals surface area contributed by atoms with Crippen LogP contribution in [-0.2, 0) is 6.18 Å². The predicted molar refractivity (Wildman–Crippen MR) is 200 cm³/mol. The monoisotopic (exact) mass is 684 g/mol. The Bertz CT molecular complexity index is 2640. The number of fused-ring (bicyclic) bond motifs is 4. The quantitative estimate of drug-likeness (QED) is 0.169. The zero-order valence-corrected chi connectivity index (χ0v) is 27.4. The van der Waals surface area contributed by atoms with E-state index >= 15 is 4.79 Å². The second kappa shape index (κ2) is 12.0. The fourth-order valence-electron chi connectivity index (χ4n) is 7.41. The van der Waals surface area contributed by atoms with Crippen LogP contribution in [0.1, 0.15) is 26.3 Å². The predicted octanol–water partition coefficient (Wildman–Crippen LogP) is 11.6. The van der Waals surface area contributed by atoms with Gasteiger partial charge in [-0.15, -0.1) is 0 Å². The number of para-hydroxylation sites is 1. The molecule has 0 saturated carbocycles. The number of alkyl halides is 3. The molecule has 0 aliphatic carbocycles. The summed E-state index contributed by atoms with van der Waals surface area (Å²) in [6, 6.07) is 49.2. The van der Waals surface area contributed by atoms with Crippen LogP contribution in [0, 0.1) is 0 Å². The van der Waals surface area contributed by atoms with Gasteiger partial charge in [-0.25, -0.2) is 4.90 Å². The summed E-state index contributed by atoms with van der Waals surface area (Å²) >= 11 is 0. The maximum atomic E-state index is 15.0. The summed E-state index contributed by atoms with van der Waals surface area (Å²) in [4.78, 5) is 31.0. The lowest BCUT2D eigenvalue weighted by molar-refractivity contribution is -0.137. The maximum absolute atomic E-state index is 15.0. The molecule has 0 atom stereocenters. The first-order valence-corrected chi connectivity index (χ1v) is 16.8. The summed E-state index contributed by atoms with van der Waals surface area (Å²) in [5.74, 6) is -1.00. The van der Waals surface area contributed by atoms with Crippen molar-refractivity contribution < 1.29 is 22.8 Å². The van der Waals surface area contributed by atoms with Crippen LogP contribution in [0.2, 0.25) is 0 Å². The Morgan fingerprint density at radius 2 is 1.00 bits per heavy atom. The molecule has 2 heterocycles. The number of rotatable bonds is 5. The molecule has 52 heavy (non-hydrogen) atoms. The van der Waals surface area contributed by atoms with Gasteiger partial charge in [-0.1, -0.05) is 115 Å². The van der Waals surface area contributed by atoms with E-state index in [-0.39, 0.29) is 11.1 Å². The minimum Gasteiger partial charge on any atom is -0.308 e. The topological polar surface area (TPSA) is 42.3 Å². The number of benzene rings is 7. The van der Waals surface area contributed by atoms with E-state index in [1.54, 1.807) is 41.0 Å². The fourth-order valence-corrected chi connectivity index (χ4v) is 7.41. The molecule has 7 aromatic carbocycles. The average molecular weight is 685 g/mol. The Balaban J connectivity index is 1.30. The van der Waals surface area contributed by atoms with Gasteiger partial charge in [0.1, 0.15) is 0 Å². The van der Waals surface area contributed by atoms with E-state index in [1.807, 2.05) is 109 Å². The van der Waals surface area contributed by atoms with Gasteiger partial charge in [-0.05, 0) is 70.8 Å². The van der Waals surface area contributed by atoms with Crippen molar-refractivity contribution in [2.45, 2.75) is 6.18 Å². The second-order valence-corrected chi connectivity index (χ2v) is 12.7. The van der Waals surface area contributed by atoms with Gasteiger partial charge in [0.05, 0.1) is 39.1 Å². The Labute approximate surface area is 296 Å². The molecule has 2 amide bonds. The molecule has 250 valence electrons. The van der Waals surface area contributed by atoms with Crippen molar-refractivity contribution in [2.75, 3.05) is 4.90 Å². The number of anilines is 1. The van der Waals surface area contributed by atoms with Crippen LogP contribution in [-0.4, -0.2) is 16.4 Å². The second-order valence-electron chi connectivity index (χ2n) is 12.7. The van der Waals surface area contributed by atoms with Gasteiger partial charge in [0, 0.05) is 21.9 Å². The van der Waals surface area contributed by atoms with Gasteiger partial charge in [-0.2, -0.15) is 13.2 Å². The van der Waals surface area contributed by atoms with Crippen molar-refractivity contribution in [3.63, 3.8) is 0 Å². The highest BCUT2D eigenvalue weighted by Gasteiger charge is 2.42. The van der Waals surface area contributed by atoms with E-state index in [9.17, 15) is 18.0 Å². The zero-order chi connectivity index (χ0) is 35.6. The number of carbonyl (C=O) groups is 2. The Kier molecular flexibility index (Phi) is 7.19. The van der Waals surface area contributed by atoms with Crippen LogP contribution in [0.25, 0.3) is 60.9 Å². The van der Waals surface area contributed by atoms with Crippen LogP contribution < -0.4 is 4.90 Å². The SMILES string of the molecule is O=C1c2cccc(-n3c4ccccc4c4cc(C(F)(F)F)ccc43)c2C(=O)N1c1c(-c2ccccc2)cc(-c2ccccc2)cc1-c1ccccc1. The standard InChI is InChI=1S/C45H27F3N2O2/c46-45(47,48)32-23-24-39-37(27-32)33-19-10-11-21-38(33)49(39)40-22-12-20-34-41(40)44(52)50(43(34)51)42-35(29-15-6-2-7-16-29)25-31(28-13-4-1-5-14-28)26-36(42)30-17-8-3-9-18-30/h1-27H. The van der Waals surface area contributed by atoms with Crippen LogP contribution in [0.5, 0.6) is 0 Å². The first-order valence-electron chi connectivity index (χ1n) is 16.8. The molecule has 0 radical (unpaired) electrons. The average Bonchev–Trinajstić information content (AvgIpc) is 3.65. The largest absolute Gasteiger partial charge is 0.416 e. The van der Waals surface area contributed by atoms with Crippen molar-refractivity contribution in [1.29, 1.82) is 0 Å². The number of halogens is 3. The van der Waals surface area contributed by atoms with E-state index in [2.05, 4.69) is 0 Å². The molecule has 1 aliphatic rings. The maximum Gasteiger partial charge on any atom is 0.416 e. The number of nitrogens with zero attached hydrogens (tertiary/aromatic N) is 2. The van der Waals surface area contributed by atoms with Gasteiger partial charge in [0.15, 0.2) is 0 Å². The summed E-state index contributed by atoms with van der Waals surface area (Å²) < 4.78 is 43.4. The van der Waals surface area contributed by atoms with E-state index in [0.717, 1.165) is 34.4 Å². The third-order valence-corrected chi connectivity index (χ3v) is 9.74. The first-order chi connectivity index (χ1) is 25.3. The molecule has 9 rings (SSSR count). The molecule has 0 unspecified atom stereocenters. The van der Waals surface area contributed by atoms with Crippen LogP contribution in [0.15, 0.2) is 164 Å². The summed E-state index contributed by atoms with van der Waals surface area (Å²) in [6.07, 6.45) is -4.53. The molecule has 0 bridgehead atoms. The molecule has 1 aliphatic heterocycles. The lowest BCUT2D eigenvalue weighted by Crippen LogP contribution is -2.30. The van der Waals surface area contributed by atoms with Crippen molar-refractivity contribution in [3.05, 3.63) is 180 Å². The fraction of sp³-hybridized carbons (Fsp3) is 0.0222. The molecule has 1 aromatic heterocycles. The number of hydrogen-bond donors (Lipinski definition) is 0. The molecule has 0 N–H and O–H groups in total. The molecule has 7 heteroatoms. The molecule has 4 nitrogen and oxygen atoms in total. The van der Waals surface area contributed by atoms with Crippen molar-refractivity contribution in [1.82, 2.24) is 4.57 Å². The third kappa shape index (κ3) is 4.93.